The molecule has 0 amide bonds. The van der Waals surface area contributed by atoms with Crippen molar-refractivity contribution in [2.75, 3.05) is 26.4 Å². The molecule has 0 saturated carbocycles. The molecule has 1 aromatic heterocycles. The Balaban J connectivity index is 0. The molecule has 0 fully saturated rings. The van der Waals surface area contributed by atoms with Crippen LogP contribution in [0.15, 0.2) is 141 Å². The van der Waals surface area contributed by atoms with Gasteiger partial charge in [0.1, 0.15) is 77.4 Å². The average Bonchev–Trinajstić information content (AvgIpc) is 1.65. The third kappa shape index (κ3) is 45.3. The molecule has 3 unspecified atom stereocenters. The number of nitrogens with two attached hydrogens (primary N) is 4. The van der Waals surface area contributed by atoms with Gasteiger partial charge in [0.15, 0.2) is 0 Å². The lowest BCUT2D eigenvalue weighted by Gasteiger charge is -2.15. The van der Waals surface area contributed by atoms with Crippen LogP contribution in [0.5, 0.6) is 0 Å². The van der Waals surface area contributed by atoms with Gasteiger partial charge in [0.05, 0.1) is 32.0 Å². The molecule has 7 atom stereocenters. The fraction of sp³-hybridized carbons (Fsp3) is 0.619. The molecule has 23 nitrogen and oxygen atoms in total. The monoisotopic (exact) mass is 1510 g/mol. The number of carbonyl (C=O) groups is 5. The molecule has 107 heavy (non-hydrogen) atoms. The van der Waals surface area contributed by atoms with Crippen LogP contribution in [0, 0.1) is 77.9 Å². The van der Waals surface area contributed by atoms with Crippen molar-refractivity contribution in [1.82, 2.24) is 0 Å². The second kappa shape index (κ2) is 54.5. The maximum Gasteiger partial charge on any atom is 0.519 e. The molecule has 23 heteroatoms. The number of benzene rings is 2. The number of hydrogen-bond acceptors (Lipinski definition) is 23. The van der Waals surface area contributed by atoms with Gasteiger partial charge in [-0.05, 0) is 124 Å². The molecular formula is C84H138N4O19. The summed E-state index contributed by atoms with van der Waals surface area (Å²) in [7, 11) is 0. The van der Waals surface area contributed by atoms with Gasteiger partial charge in [-0.2, -0.15) is 0 Å². The molecule has 0 radical (unpaired) electrons. The predicted octanol–water partition coefficient (Wildman–Crippen LogP) is 17.1. The van der Waals surface area contributed by atoms with Crippen molar-refractivity contribution in [3.63, 3.8) is 0 Å². The minimum Gasteiger partial charge on any atom is -0.464 e. The first-order chi connectivity index (χ1) is 49.8. The zero-order chi connectivity index (χ0) is 82.5. The zero-order valence-corrected chi connectivity index (χ0v) is 69.7. The van der Waals surface area contributed by atoms with Crippen molar-refractivity contribution in [2.45, 2.75) is 242 Å². The fourth-order valence-corrected chi connectivity index (χ4v) is 8.37. The summed E-state index contributed by atoms with van der Waals surface area (Å²) in [6.07, 6.45) is 6.67. The van der Waals surface area contributed by atoms with E-state index in [1.54, 1.807) is 19.4 Å². The number of esters is 5. The van der Waals surface area contributed by atoms with Crippen LogP contribution >= 0.6 is 0 Å². The molecule has 7 rings (SSSR count). The van der Waals surface area contributed by atoms with E-state index in [-0.39, 0.29) is 41.9 Å². The Morgan fingerprint density at radius 1 is 0.467 bits per heavy atom. The Bertz CT molecular complexity index is 3210. The Morgan fingerprint density at radius 2 is 0.907 bits per heavy atom. The first-order valence-corrected chi connectivity index (χ1v) is 37.6. The Hall–Kier alpha value is -8.12. The smallest absolute Gasteiger partial charge is 0.464 e. The second-order valence-electron chi connectivity index (χ2n) is 30.3. The quantitative estimate of drug-likeness (QED) is 0.0428. The maximum absolute atomic E-state index is 11.5. The van der Waals surface area contributed by atoms with Crippen molar-refractivity contribution in [3.05, 3.63) is 167 Å². The van der Waals surface area contributed by atoms with Gasteiger partial charge in [-0.25, -0.2) is 9.59 Å². The third-order valence-corrected chi connectivity index (χ3v) is 15.5. The molecular weight excluding hydrogens is 1370 g/mol. The molecule has 0 spiro atoms. The summed E-state index contributed by atoms with van der Waals surface area (Å²) in [5, 5.41) is 0. The van der Waals surface area contributed by atoms with Crippen molar-refractivity contribution >= 4 is 29.8 Å². The predicted molar refractivity (Wildman–Crippen MR) is 421 cm³/mol. The van der Waals surface area contributed by atoms with E-state index in [1.165, 1.54) is 0 Å². The van der Waals surface area contributed by atoms with Crippen molar-refractivity contribution < 1.29 is 84.9 Å². The zero-order valence-electron chi connectivity index (χ0n) is 69.7. The van der Waals surface area contributed by atoms with E-state index in [0.29, 0.717) is 140 Å². The van der Waals surface area contributed by atoms with E-state index in [2.05, 4.69) is 103 Å². The van der Waals surface area contributed by atoms with Gasteiger partial charge < -0.3 is 83.9 Å². The van der Waals surface area contributed by atoms with Gasteiger partial charge in [0.2, 0.25) is 0 Å². The van der Waals surface area contributed by atoms with E-state index in [0.717, 1.165) is 52.6 Å². The van der Waals surface area contributed by atoms with E-state index in [9.17, 15) is 28.8 Å². The second-order valence-corrected chi connectivity index (χ2v) is 30.3. The van der Waals surface area contributed by atoms with E-state index >= 15 is 0 Å². The van der Waals surface area contributed by atoms with Crippen molar-refractivity contribution in [2.24, 2.45) is 93.9 Å². The largest absolute Gasteiger partial charge is 0.519 e. The number of hydrogen-bond donors (Lipinski definition) is 4. The molecule has 4 aliphatic rings. The summed E-state index contributed by atoms with van der Waals surface area (Å²) >= 11 is 0. The summed E-state index contributed by atoms with van der Waals surface area (Å²) in [6, 6.07) is 15.3. The lowest BCUT2D eigenvalue weighted by molar-refractivity contribution is -0.148. The van der Waals surface area contributed by atoms with E-state index in [4.69, 9.17) is 83.9 Å². The number of rotatable bonds is 26. The molecule has 3 aromatic rings. The highest BCUT2D eigenvalue weighted by Gasteiger charge is 2.32. The number of ether oxygens (including phenoxy) is 11. The minimum absolute atomic E-state index is 0.0521. The molecule has 0 saturated heterocycles. The molecule has 8 N–H and O–H groups in total. The highest BCUT2D eigenvalue weighted by atomic mass is 16.7. The molecule has 4 aliphatic heterocycles. The van der Waals surface area contributed by atoms with Crippen molar-refractivity contribution in [3.8, 4) is 0 Å². The van der Waals surface area contributed by atoms with Crippen LogP contribution in [0.1, 0.15) is 231 Å². The molecule has 5 heterocycles. The van der Waals surface area contributed by atoms with Crippen LogP contribution < -0.4 is 28.8 Å². The summed E-state index contributed by atoms with van der Waals surface area (Å²) in [4.78, 5) is 66.4. The first-order valence-electron chi connectivity index (χ1n) is 37.6. The minimum atomic E-state index is -0.599. The van der Waals surface area contributed by atoms with Crippen LogP contribution in [-0.4, -0.2) is 80.4 Å². The standard InChI is InChI=1S/C13H19NO2.C11H12O2.C10H16O2.C9H19NO2.C9H14O2.2C8H17NO2.C8H12O3.C8H12O2/c1-10(2)9-16-13(15)12(14)8-11-6-4-3-5-7-11;1-7(2)10-8-5-3-4-6-9(8)11(12)13-10;1-6(2)7(3)10-8(4)11-9(5)12-10;1-6(2)5-12-9(11)8(10)7(3)4;1-6(2)7(3)9-5-10-8(4)11-9;2*1-4-7(9)8(10)11-5-6(2)3;1-5(2)4-7-6(3)10-8(9)11-7;1-6(2)4-8-5-9-7(3)10-8/h3-7,10,12H,8-9,14H2,1-2H3;3-7,10H,1-2H3;6-7H,5H2,1-4H3;6-8H,5,10H2,1-4H3;5-7H,4H2,1-3H3;2*6-7H,4-5,9H2,1-3H3;5H,4H2,1-3H3;5-6H,3-4H2,1-2H3/t12-;;;8-;;2*7-;;/m0..0.00../s1. The van der Waals surface area contributed by atoms with Gasteiger partial charge in [-0.3, -0.25) is 19.2 Å². The Kier molecular flexibility index (Phi) is 51.4. The van der Waals surface area contributed by atoms with Crippen LogP contribution in [-0.2, 0) is 84.1 Å². The maximum atomic E-state index is 11.5. The number of allylic oxidation sites excluding steroid dienone is 4. The summed E-state index contributed by atoms with van der Waals surface area (Å²) in [5.74, 6) is 8.93. The molecule has 608 valence electrons. The van der Waals surface area contributed by atoms with E-state index < -0.39 is 30.0 Å². The Morgan fingerprint density at radius 3 is 1.27 bits per heavy atom. The van der Waals surface area contributed by atoms with Gasteiger partial charge in [-0.15, -0.1) is 0 Å². The summed E-state index contributed by atoms with van der Waals surface area (Å²) in [6.45, 7) is 65.0. The normalized spacial score (nSPS) is 15.4. The summed E-state index contributed by atoms with van der Waals surface area (Å²) < 4.78 is 65.3. The van der Waals surface area contributed by atoms with Gasteiger partial charge >= 0.3 is 35.7 Å². The third-order valence-electron chi connectivity index (χ3n) is 15.5. The average molecular weight is 1510 g/mol. The SMILES string of the molecule is C=C1OC(C)=C(C(C)C(C)C)O1.C=C1OC=C(C(C)C(C)C)O1.C=C1OC=C(CC(C)C)O1.CC(C)C1OC(=O)c2ccccc21.CC(C)COC(=O)[C@@H](N)C(C)C.CC(C)COC(=O)[C@@H](N)Cc1ccccc1.CC[C@H](N)C(=O)OCC(C)C.CC[C@H](N)C(=O)OCC(C)C.Cc1oc(=O)oc1CC(C)C. The number of cyclic esters (lactones) is 1. The lowest BCUT2D eigenvalue weighted by atomic mass is 9.95. The highest BCUT2D eigenvalue weighted by molar-refractivity contribution is 5.94. The molecule has 2 aromatic carbocycles. The van der Waals surface area contributed by atoms with Crippen LogP contribution in [0.4, 0.5) is 0 Å². The fourth-order valence-electron chi connectivity index (χ4n) is 8.37. The van der Waals surface area contributed by atoms with Crippen LogP contribution in [0.25, 0.3) is 0 Å². The van der Waals surface area contributed by atoms with Gasteiger partial charge in [-0.1, -0.05) is 215 Å². The number of carbonyl (C=O) groups excluding carboxylic acids is 5. The van der Waals surface area contributed by atoms with Gasteiger partial charge in [0.25, 0.3) is 17.8 Å². The van der Waals surface area contributed by atoms with Crippen LogP contribution in [0.2, 0.25) is 0 Å². The summed E-state index contributed by atoms with van der Waals surface area (Å²) in [5.41, 5.74) is 25.0. The number of fused-ring (bicyclic) bond motifs is 1. The van der Waals surface area contributed by atoms with Crippen molar-refractivity contribution in [1.29, 1.82) is 0 Å². The highest BCUT2D eigenvalue weighted by Crippen LogP contribution is 2.36. The Labute approximate surface area is 641 Å². The topological polar surface area (TPSA) is 334 Å². The lowest BCUT2D eigenvalue weighted by Crippen LogP contribution is -2.37. The number of aryl methyl sites for hydroxylation is 1. The van der Waals surface area contributed by atoms with Gasteiger partial charge in [0, 0.05) is 30.2 Å². The first kappa shape index (κ1) is 101. The van der Waals surface area contributed by atoms with E-state index in [1.807, 2.05) is 145 Å². The van der Waals surface area contributed by atoms with Crippen LogP contribution in [0.3, 0.4) is 0 Å². The molecule has 0 bridgehead atoms. The molecule has 0 aliphatic carbocycles.